The minimum absolute atomic E-state index is 0.249. The lowest BCUT2D eigenvalue weighted by Gasteiger charge is -2.30. The topological polar surface area (TPSA) is 69.8 Å². The number of esters is 1. The van der Waals surface area contributed by atoms with Crippen LogP contribution in [0.5, 0.6) is 5.75 Å². The maximum atomic E-state index is 12.9. The second-order valence-corrected chi connectivity index (χ2v) is 6.92. The molecule has 6 nitrogen and oxygen atoms in total. The highest BCUT2D eigenvalue weighted by Gasteiger charge is 2.40. The molecular weight excluding hydrogens is 348 g/mol. The number of rotatable bonds is 10. The van der Waals surface area contributed by atoms with E-state index < -0.39 is 11.6 Å². The molecule has 0 amide bonds. The van der Waals surface area contributed by atoms with Crippen molar-refractivity contribution < 1.29 is 28.5 Å². The van der Waals surface area contributed by atoms with Crippen LogP contribution in [0, 0.1) is 0 Å². The molecule has 144 valence electrons. The number of allylic oxidation sites excluding steroid dienone is 1. The summed E-state index contributed by atoms with van der Waals surface area (Å²) in [6, 6.07) is 9.03. The Morgan fingerprint density at radius 1 is 1.07 bits per heavy atom. The van der Waals surface area contributed by atoms with Crippen LogP contribution in [0.25, 0.3) is 0 Å². The van der Waals surface area contributed by atoms with Crippen LogP contribution in [0.15, 0.2) is 54.3 Å². The largest absolute Gasteiger partial charge is 0.494 e. The summed E-state index contributed by atoms with van der Waals surface area (Å²) < 4.78 is 27.7. The van der Waals surface area contributed by atoms with Gasteiger partial charge in [0.1, 0.15) is 11.5 Å². The molecule has 1 aliphatic carbocycles. The van der Waals surface area contributed by atoms with E-state index in [1.165, 1.54) is 0 Å². The van der Waals surface area contributed by atoms with E-state index in [0.29, 0.717) is 31.5 Å². The normalized spacial score (nSPS) is 28.4. The summed E-state index contributed by atoms with van der Waals surface area (Å²) in [5.41, 5.74) is -1.14. The molecule has 3 unspecified atom stereocenters. The predicted molar refractivity (Wildman–Crippen MR) is 97.3 cm³/mol. The fraction of sp³-hybridized carbons (Fsp3) is 0.476. The molecule has 1 aromatic rings. The van der Waals surface area contributed by atoms with Gasteiger partial charge in [-0.25, -0.2) is 4.79 Å². The summed E-state index contributed by atoms with van der Waals surface area (Å²) in [6.07, 6.45) is 8.02. The van der Waals surface area contributed by atoms with Gasteiger partial charge in [0.15, 0.2) is 5.60 Å². The van der Waals surface area contributed by atoms with Crippen molar-refractivity contribution in [1.82, 2.24) is 0 Å². The van der Waals surface area contributed by atoms with Gasteiger partial charge in [-0.2, -0.15) is 0 Å². The van der Waals surface area contributed by atoms with Crippen molar-refractivity contribution in [3.63, 3.8) is 0 Å². The number of hydrogen-bond acceptors (Lipinski definition) is 6. The lowest BCUT2D eigenvalue weighted by atomic mass is 9.94. The van der Waals surface area contributed by atoms with Crippen molar-refractivity contribution in [2.24, 2.45) is 0 Å². The van der Waals surface area contributed by atoms with Crippen LogP contribution in [0.1, 0.15) is 19.3 Å². The first-order valence-corrected chi connectivity index (χ1v) is 9.40. The fourth-order valence-corrected chi connectivity index (χ4v) is 2.86. The Kier molecular flexibility index (Phi) is 5.57. The molecule has 0 spiro atoms. The molecule has 2 aliphatic heterocycles. The molecule has 2 fully saturated rings. The Hall–Kier alpha value is -2.15. The summed E-state index contributed by atoms with van der Waals surface area (Å²) in [7, 11) is 0. The first-order chi connectivity index (χ1) is 13.2. The average Bonchev–Trinajstić information content (AvgIpc) is 3.59. The molecule has 27 heavy (non-hydrogen) atoms. The first-order valence-electron chi connectivity index (χ1n) is 9.40. The highest BCUT2D eigenvalue weighted by atomic mass is 16.6. The van der Waals surface area contributed by atoms with Gasteiger partial charge in [0.05, 0.1) is 38.6 Å². The van der Waals surface area contributed by atoms with E-state index in [-0.39, 0.29) is 6.10 Å². The van der Waals surface area contributed by atoms with Crippen molar-refractivity contribution in [3.8, 4) is 5.75 Å². The average molecular weight is 372 g/mol. The van der Waals surface area contributed by atoms with Crippen LogP contribution in [0.3, 0.4) is 0 Å². The van der Waals surface area contributed by atoms with Crippen LogP contribution < -0.4 is 4.74 Å². The Morgan fingerprint density at radius 2 is 1.78 bits per heavy atom. The molecule has 2 saturated heterocycles. The molecule has 3 aliphatic rings. The number of hydrogen-bond donors (Lipinski definition) is 0. The van der Waals surface area contributed by atoms with Gasteiger partial charge in [-0.3, -0.25) is 0 Å². The van der Waals surface area contributed by atoms with Crippen molar-refractivity contribution >= 4 is 5.97 Å². The monoisotopic (exact) mass is 372 g/mol. The molecular formula is C21H24O6. The van der Waals surface area contributed by atoms with E-state index in [4.69, 9.17) is 23.7 Å². The van der Waals surface area contributed by atoms with Gasteiger partial charge in [0, 0.05) is 12.8 Å². The molecule has 0 aromatic heterocycles. The van der Waals surface area contributed by atoms with Crippen molar-refractivity contribution in [2.75, 3.05) is 26.4 Å². The first kappa shape index (κ1) is 18.2. The molecule has 4 rings (SSSR count). The lowest BCUT2D eigenvalue weighted by Crippen LogP contribution is -2.44. The number of carbonyl (C=O) groups is 1. The Bertz CT molecular complexity index is 705. The summed E-state index contributed by atoms with van der Waals surface area (Å²) >= 11 is 0. The van der Waals surface area contributed by atoms with Crippen LogP contribution in [-0.2, 0) is 23.7 Å². The van der Waals surface area contributed by atoms with Crippen LogP contribution in [0.2, 0.25) is 0 Å². The van der Waals surface area contributed by atoms with Crippen LogP contribution >= 0.6 is 0 Å². The quantitative estimate of drug-likeness (QED) is 0.357. The SMILES string of the molecule is O=C(Oc1ccccc1)C1(OCCC2CO2)C=CC(OCCC2CO2)=CC1. The number of epoxide rings is 2. The molecule has 0 saturated carbocycles. The second kappa shape index (κ2) is 8.25. The lowest BCUT2D eigenvalue weighted by molar-refractivity contribution is -0.156. The van der Waals surface area contributed by atoms with Crippen molar-refractivity contribution in [1.29, 1.82) is 0 Å². The maximum absolute atomic E-state index is 12.9. The standard InChI is InChI=1S/C21H24O6/c22-20(27-17-4-2-1-3-5-17)21(26-13-9-19-15-25-19)10-6-16(7-11-21)23-12-8-18-14-24-18/h1-7,10,18-19H,8-9,11-15H2. The van der Waals surface area contributed by atoms with Gasteiger partial charge in [0.25, 0.3) is 0 Å². The van der Waals surface area contributed by atoms with Gasteiger partial charge >= 0.3 is 5.97 Å². The Labute approximate surface area is 158 Å². The van der Waals surface area contributed by atoms with Gasteiger partial charge in [0.2, 0.25) is 0 Å². The molecule has 6 heteroatoms. The van der Waals surface area contributed by atoms with Gasteiger partial charge in [-0.1, -0.05) is 18.2 Å². The molecule has 0 N–H and O–H groups in total. The molecule has 0 bridgehead atoms. The minimum Gasteiger partial charge on any atom is -0.494 e. The third-order valence-electron chi connectivity index (χ3n) is 4.74. The van der Waals surface area contributed by atoms with Crippen molar-refractivity contribution in [2.45, 2.75) is 37.1 Å². The van der Waals surface area contributed by atoms with Crippen molar-refractivity contribution in [3.05, 3.63) is 54.3 Å². The zero-order chi connectivity index (χ0) is 18.5. The summed E-state index contributed by atoms with van der Waals surface area (Å²) in [4.78, 5) is 12.9. The number of carbonyl (C=O) groups excluding carboxylic acids is 1. The summed E-state index contributed by atoms with van der Waals surface area (Å²) in [6.45, 7) is 2.62. The molecule has 1 aromatic carbocycles. The minimum atomic E-state index is -1.14. The smallest absolute Gasteiger partial charge is 0.348 e. The van der Waals surface area contributed by atoms with Gasteiger partial charge < -0.3 is 23.7 Å². The fourth-order valence-electron chi connectivity index (χ4n) is 2.86. The molecule has 3 atom stereocenters. The highest BCUT2D eigenvalue weighted by molar-refractivity contribution is 5.85. The Morgan fingerprint density at radius 3 is 2.41 bits per heavy atom. The Balaban J connectivity index is 1.37. The third-order valence-corrected chi connectivity index (χ3v) is 4.74. The van der Waals surface area contributed by atoms with E-state index in [9.17, 15) is 4.79 Å². The predicted octanol–water partition coefficient (Wildman–Crippen LogP) is 2.79. The highest BCUT2D eigenvalue weighted by Crippen LogP contribution is 2.29. The van der Waals surface area contributed by atoms with E-state index in [1.54, 1.807) is 24.3 Å². The van der Waals surface area contributed by atoms with E-state index in [0.717, 1.165) is 31.8 Å². The zero-order valence-corrected chi connectivity index (χ0v) is 15.2. The van der Waals surface area contributed by atoms with Gasteiger partial charge in [-0.05, 0) is 36.8 Å². The molecule has 0 radical (unpaired) electrons. The summed E-state index contributed by atoms with van der Waals surface area (Å²) in [5.74, 6) is 0.816. The van der Waals surface area contributed by atoms with Gasteiger partial charge in [-0.15, -0.1) is 0 Å². The third kappa shape index (κ3) is 5.19. The number of ether oxygens (including phenoxy) is 5. The number of benzene rings is 1. The van der Waals surface area contributed by atoms with Crippen LogP contribution in [-0.4, -0.2) is 50.2 Å². The maximum Gasteiger partial charge on any atom is 0.348 e. The van der Waals surface area contributed by atoms with Crippen LogP contribution in [0.4, 0.5) is 0 Å². The molecule has 2 heterocycles. The van der Waals surface area contributed by atoms with E-state index in [1.807, 2.05) is 24.3 Å². The summed E-state index contributed by atoms with van der Waals surface area (Å²) in [5, 5.41) is 0. The van der Waals surface area contributed by atoms with E-state index in [2.05, 4.69) is 0 Å². The second-order valence-electron chi connectivity index (χ2n) is 6.92. The zero-order valence-electron chi connectivity index (χ0n) is 15.2. The number of para-hydroxylation sites is 1. The van der Waals surface area contributed by atoms with E-state index >= 15 is 0 Å².